The first-order valence-electron chi connectivity index (χ1n) is 6.91. The largest absolute Gasteiger partial charge is 0.461 e. The highest BCUT2D eigenvalue weighted by atomic mass is 32.1. The van der Waals surface area contributed by atoms with Crippen molar-refractivity contribution in [3.05, 3.63) is 33.5 Å². The van der Waals surface area contributed by atoms with Crippen LogP contribution in [0.3, 0.4) is 0 Å². The highest BCUT2D eigenvalue weighted by Crippen LogP contribution is 2.31. The highest BCUT2D eigenvalue weighted by Gasteiger charge is 2.21. The van der Waals surface area contributed by atoms with Crippen LogP contribution in [-0.2, 0) is 11.8 Å². The van der Waals surface area contributed by atoms with E-state index in [4.69, 9.17) is 4.74 Å². The number of thiophene rings is 1. The Morgan fingerprint density at radius 1 is 1.48 bits per heavy atom. The first-order chi connectivity index (χ1) is 10.9. The number of nitrogens with one attached hydrogen (secondary N) is 1. The Hall–Kier alpha value is -2.66. The fourth-order valence-electron chi connectivity index (χ4n) is 2.00. The SMILES string of the molecule is CCOC(=O)c1cc(C(=O)Nc2sc(C)c(C)c2C#N)n(C)n1. The number of anilines is 1. The Labute approximate surface area is 137 Å². The number of aromatic nitrogens is 2. The van der Waals surface area contributed by atoms with E-state index in [0.717, 1.165) is 10.4 Å². The first kappa shape index (κ1) is 16.7. The molecule has 0 aromatic carbocycles. The Balaban J connectivity index is 2.27. The minimum atomic E-state index is -0.581. The average Bonchev–Trinajstić information content (AvgIpc) is 3.01. The average molecular weight is 332 g/mol. The molecule has 7 nitrogen and oxygen atoms in total. The predicted octanol–water partition coefficient (Wildman–Crippen LogP) is 2.40. The number of esters is 1. The molecule has 0 aliphatic carbocycles. The number of hydrogen-bond acceptors (Lipinski definition) is 6. The van der Waals surface area contributed by atoms with Gasteiger partial charge in [-0.1, -0.05) is 0 Å². The lowest BCUT2D eigenvalue weighted by Crippen LogP contribution is -2.15. The minimum absolute atomic E-state index is 0.0681. The van der Waals surface area contributed by atoms with Gasteiger partial charge in [0.15, 0.2) is 5.69 Å². The standard InChI is InChI=1S/C15H16N4O3S/c1-5-22-15(21)11-6-12(19(4)18-11)13(20)17-14-10(7-16)8(2)9(3)23-14/h6H,5H2,1-4H3,(H,17,20). The van der Waals surface area contributed by atoms with Crippen molar-refractivity contribution in [3.8, 4) is 6.07 Å². The van der Waals surface area contributed by atoms with Crippen LogP contribution in [0.2, 0.25) is 0 Å². The topological polar surface area (TPSA) is 97.0 Å². The van der Waals surface area contributed by atoms with Gasteiger partial charge in [-0.15, -0.1) is 11.3 Å². The second-order valence-electron chi connectivity index (χ2n) is 4.81. The van der Waals surface area contributed by atoms with E-state index in [1.807, 2.05) is 13.8 Å². The molecule has 2 aromatic rings. The Bertz CT molecular complexity index is 814. The Morgan fingerprint density at radius 2 is 2.17 bits per heavy atom. The number of hydrogen-bond donors (Lipinski definition) is 1. The third-order valence-corrected chi connectivity index (χ3v) is 4.44. The van der Waals surface area contributed by atoms with E-state index in [9.17, 15) is 14.9 Å². The van der Waals surface area contributed by atoms with E-state index < -0.39 is 11.9 Å². The van der Waals surface area contributed by atoms with Gasteiger partial charge in [-0.2, -0.15) is 10.4 Å². The summed E-state index contributed by atoms with van der Waals surface area (Å²) in [5.74, 6) is -1.02. The second kappa shape index (κ2) is 6.62. The molecule has 0 aliphatic rings. The smallest absolute Gasteiger partial charge is 0.358 e. The number of nitrogens with zero attached hydrogens (tertiary/aromatic N) is 3. The van der Waals surface area contributed by atoms with Crippen LogP contribution in [0.4, 0.5) is 5.00 Å². The van der Waals surface area contributed by atoms with Crippen molar-refractivity contribution in [2.75, 3.05) is 11.9 Å². The molecule has 0 bridgehead atoms. The third kappa shape index (κ3) is 3.24. The molecule has 8 heteroatoms. The maximum absolute atomic E-state index is 12.4. The normalized spacial score (nSPS) is 10.2. The molecule has 2 aromatic heterocycles. The Morgan fingerprint density at radius 3 is 2.78 bits per heavy atom. The van der Waals surface area contributed by atoms with Crippen LogP contribution in [0.25, 0.3) is 0 Å². The van der Waals surface area contributed by atoms with E-state index in [1.165, 1.54) is 22.1 Å². The number of nitriles is 1. The van der Waals surface area contributed by atoms with Crippen molar-refractivity contribution >= 4 is 28.2 Å². The van der Waals surface area contributed by atoms with Crippen molar-refractivity contribution in [2.45, 2.75) is 20.8 Å². The number of ether oxygens (including phenoxy) is 1. The zero-order valence-electron chi connectivity index (χ0n) is 13.3. The fourth-order valence-corrected chi connectivity index (χ4v) is 3.01. The minimum Gasteiger partial charge on any atom is -0.461 e. The van der Waals surface area contributed by atoms with Crippen molar-refractivity contribution in [2.24, 2.45) is 7.05 Å². The summed E-state index contributed by atoms with van der Waals surface area (Å²) in [7, 11) is 1.56. The zero-order valence-corrected chi connectivity index (χ0v) is 14.1. The molecule has 0 fully saturated rings. The summed E-state index contributed by atoms with van der Waals surface area (Å²) in [5, 5.41) is 16.4. The van der Waals surface area contributed by atoms with Gasteiger partial charge in [0.05, 0.1) is 12.2 Å². The monoisotopic (exact) mass is 332 g/mol. The lowest BCUT2D eigenvalue weighted by Gasteiger charge is -2.03. The molecule has 0 radical (unpaired) electrons. The van der Waals surface area contributed by atoms with Crippen LogP contribution in [0.5, 0.6) is 0 Å². The molecule has 1 amide bonds. The number of amides is 1. The van der Waals surface area contributed by atoms with E-state index in [1.54, 1.807) is 14.0 Å². The lowest BCUT2D eigenvalue weighted by atomic mass is 10.2. The number of rotatable bonds is 4. The quantitative estimate of drug-likeness (QED) is 0.867. The molecule has 1 N–H and O–H groups in total. The van der Waals surface area contributed by atoms with Crippen LogP contribution >= 0.6 is 11.3 Å². The van der Waals surface area contributed by atoms with E-state index in [0.29, 0.717) is 10.6 Å². The number of carbonyl (C=O) groups excluding carboxylic acids is 2. The van der Waals surface area contributed by atoms with Gasteiger partial charge in [-0.3, -0.25) is 9.48 Å². The van der Waals surface area contributed by atoms with Crippen LogP contribution in [0.15, 0.2) is 6.07 Å². The second-order valence-corrected chi connectivity index (χ2v) is 6.04. The van der Waals surface area contributed by atoms with Gasteiger partial charge in [0.25, 0.3) is 5.91 Å². The molecule has 120 valence electrons. The van der Waals surface area contributed by atoms with Gasteiger partial charge in [0, 0.05) is 18.0 Å². The number of carbonyl (C=O) groups is 2. The van der Waals surface area contributed by atoms with Crippen LogP contribution in [0.1, 0.15) is 43.9 Å². The molecule has 23 heavy (non-hydrogen) atoms. The van der Waals surface area contributed by atoms with Crippen molar-refractivity contribution < 1.29 is 14.3 Å². The van der Waals surface area contributed by atoms with Gasteiger partial charge >= 0.3 is 5.97 Å². The first-order valence-corrected chi connectivity index (χ1v) is 7.73. The molecule has 0 spiro atoms. The summed E-state index contributed by atoms with van der Waals surface area (Å²) >= 11 is 1.34. The summed E-state index contributed by atoms with van der Waals surface area (Å²) in [5.41, 5.74) is 1.58. The Kier molecular flexibility index (Phi) is 4.81. The highest BCUT2D eigenvalue weighted by molar-refractivity contribution is 7.16. The summed E-state index contributed by atoms with van der Waals surface area (Å²) < 4.78 is 6.17. The van der Waals surface area contributed by atoms with Crippen LogP contribution in [0, 0.1) is 25.2 Å². The third-order valence-electron chi connectivity index (χ3n) is 3.32. The van der Waals surface area contributed by atoms with E-state index >= 15 is 0 Å². The molecule has 0 unspecified atom stereocenters. The van der Waals surface area contributed by atoms with E-state index in [-0.39, 0.29) is 18.0 Å². The molecule has 0 aliphatic heterocycles. The van der Waals surface area contributed by atoms with Crippen molar-refractivity contribution in [1.82, 2.24) is 9.78 Å². The van der Waals surface area contributed by atoms with Gasteiger partial charge in [-0.05, 0) is 26.3 Å². The molecule has 0 saturated heterocycles. The molecular weight excluding hydrogens is 316 g/mol. The molecule has 2 rings (SSSR count). The van der Waals surface area contributed by atoms with Crippen molar-refractivity contribution in [3.63, 3.8) is 0 Å². The van der Waals surface area contributed by atoms with Gasteiger partial charge in [0.2, 0.25) is 0 Å². The van der Waals surface area contributed by atoms with Gasteiger partial charge in [0.1, 0.15) is 16.8 Å². The molecule has 2 heterocycles. The molecular formula is C15H16N4O3S. The fraction of sp³-hybridized carbons (Fsp3) is 0.333. The predicted molar refractivity (Wildman–Crippen MR) is 85.6 cm³/mol. The lowest BCUT2D eigenvalue weighted by molar-refractivity contribution is 0.0518. The molecule has 0 saturated carbocycles. The van der Waals surface area contributed by atoms with Crippen LogP contribution in [-0.4, -0.2) is 28.3 Å². The summed E-state index contributed by atoms with van der Waals surface area (Å²) in [6.07, 6.45) is 0. The zero-order chi connectivity index (χ0) is 17.1. The maximum atomic E-state index is 12.4. The maximum Gasteiger partial charge on any atom is 0.358 e. The summed E-state index contributed by atoms with van der Waals surface area (Å²) in [6, 6.07) is 3.46. The summed E-state index contributed by atoms with van der Waals surface area (Å²) in [6.45, 7) is 5.65. The number of aryl methyl sites for hydroxylation is 2. The molecule has 0 atom stereocenters. The van der Waals surface area contributed by atoms with Crippen LogP contribution < -0.4 is 5.32 Å². The van der Waals surface area contributed by atoms with E-state index in [2.05, 4.69) is 16.5 Å². The van der Waals surface area contributed by atoms with Gasteiger partial charge in [-0.25, -0.2) is 4.79 Å². The summed E-state index contributed by atoms with van der Waals surface area (Å²) in [4.78, 5) is 25.0. The van der Waals surface area contributed by atoms with Crippen molar-refractivity contribution in [1.29, 1.82) is 5.26 Å². The van der Waals surface area contributed by atoms with Gasteiger partial charge < -0.3 is 10.1 Å².